The Balaban J connectivity index is 1.72. The molecule has 35 heavy (non-hydrogen) atoms. The van der Waals surface area contributed by atoms with Crippen LogP contribution in [0.4, 0.5) is 20.7 Å². The summed E-state index contributed by atoms with van der Waals surface area (Å²) in [6.07, 6.45) is 1.55. The number of carboxylic acid groups (broad SMARTS) is 1. The topological polar surface area (TPSA) is 143 Å². The fraction of sp³-hybridized carbons (Fsp3) is 0.500. The highest BCUT2D eigenvalue weighted by molar-refractivity contribution is 7.89. The smallest absolute Gasteiger partial charge is 0.410 e. The molecular formula is C22H30FN5O6S. The minimum absolute atomic E-state index is 0.00432. The van der Waals surface area contributed by atoms with Gasteiger partial charge in [0.1, 0.15) is 18.0 Å². The first-order valence-electron chi connectivity index (χ1n) is 11.2. The van der Waals surface area contributed by atoms with Crippen molar-refractivity contribution in [3.8, 4) is 5.88 Å². The molecule has 0 aliphatic carbocycles. The molecule has 1 aromatic carbocycles. The van der Waals surface area contributed by atoms with Crippen molar-refractivity contribution in [2.24, 2.45) is 0 Å². The molecule has 1 aliphatic heterocycles. The van der Waals surface area contributed by atoms with Gasteiger partial charge in [-0.15, -0.1) is 0 Å². The zero-order valence-corrected chi connectivity index (χ0v) is 20.6. The third-order valence-electron chi connectivity index (χ3n) is 5.33. The van der Waals surface area contributed by atoms with Gasteiger partial charge in [0.2, 0.25) is 15.9 Å². The maximum Gasteiger partial charge on any atom is 0.410 e. The van der Waals surface area contributed by atoms with Crippen LogP contribution in [0, 0.1) is 12.7 Å². The van der Waals surface area contributed by atoms with Crippen LogP contribution in [0.2, 0.25) is 0 Å². The van der Waals surface area contributed by atoms with Crippen molar-refractivity contribution in [1.29, 1.82) is 0 Å². The second kappa shape index (κ2) is 11.6. The summed E-state index contributed by atoms with van der Waals surface area (Å²) in [5, 5.41) is 12.2. The van der Waals surface area contributed by atoms with Crippen LogP contribution in [-0.2, 0) is 14.8 Å². The van der Waals surface area contributed by atoms with Crippen LogP contribution in [0.3, 0.4) is 0 Å². The Bertz CT molecular complexity index is 1150. The van der Waals surface area contributed by atoms with Crippen molar-refractivity contribution < 1.29 is 32.2 Å². The molecule has 11 nitrogen and oxygen atoms in total. The van der Waals surface area contributed by atoms with Crippen molar-refractivity contribution in [3.63, 3.8) is 0 Å². The Labute approximate surface area is 203 Å². The Morgan fingerprint density at radius 2 is 2.09 bits per heavy atom. The molecule has 1 aromatic heterocycles. The lowest BCUT2D eigenvalue weighted by Crippen LogP contribution is -2.46. The monoisotopic (exact) mass is 511 g/mol. The zero-order chi connectivity index (χ0) is 25.6. The molecular weight excluding hydrogens is 481 g/mol. The molecule has 0 radical (unpaired) electrons. The molecule has 2 heterocycles. The van der Waals surface area contributed by atoms with Crippen molar-refractivity contribution in [1.82, 2.24) is 19.6 Å². The predicted octanol–water partition coefficient (Wildman–Crippen LogP) is 3.24. The Hall–Kier alpha value is -3.03. The number of benzene rings is 1. The molecule has 1 atom stereocenters. The summed E-state index contributed by atoms with van der Waals surface area (Å²) in [4.78, 5) is 20.7. The molecule has 1 amide bonds. The quantitative estimate of drug-likeness (QED) is 0.410. The minimum atomic E-state index is -3.91. The number of carbonyl (C=O) groups is 1. The first-order chi connectivity index (χ1) is 16.6. The van der Waals surface area contributed by atoms with Crippen LogP contribution in [-0.4, -0.2) is 66.5 Å². The number of piperidine rings is 1. The number of halogens is 1. The van der Waals surface area contributed by atoms with Gasteiger partial charge in [0.25, 0.3) is 0 Å². The highest BCUT2D eigenvalue weighted by Crippen LogP contribution is 2.29. The second-order valence-corrected chi connectivity index (χ2v) is 10.0. The van der Waals surface area contributed by atoms with E-state index in [0.29, 0.717) is 18.5 Å². The molecule has 1 unspecified atom stereocenters. The highest BCUT2D eigenvalue weighted by atomic mass is 32.2. The van der Waals surface area contributed by atoms with Gasteiger partial charge in [0, 0.05) is 19.5 Å². The number of hydrogen-bond donors (Lipinski definition) is 3. The Morgan fingerprint density at radius 1 is 1.31 bits per heavy atom. The number of aromatic nitrogens is 2. The minimum Gasteiger partial charge on any atom is -0.465 e. The lowest BCUT2D eigenvalue weighted by atomic mass is 10.1. The number of hydrogen-bond acceptors (Lipinski definition) is 8. The molecule has 3 rings (SSSR count). The lowest BCUT2D eigenvalue weighted by molar-refractivity contribution is 0.00291. The number of nitrogens with zero attached hydrogens (tertiary/aromatic N) is 3. The van der Waals surface area contributed by atoms with Crippen molar-refractivity contribution in [2.75, 3.05) is 25.0 Å². The number of rotatable bonds is 10. The Morgan fingerprint density at radius 3 is 2.77 bits per heavy atom. The van der Waals surface area contributed by atoms with E-state index < -0.39 is 28.2 Å². The van der Waals surface area contributed by atoms with E-state index in [2.05, 4.69) is 20.0 Å². The molecule has 1 saturated heterocycles. The number of sulfonamides is 1. The number of ether oxygens (including phenoxy) is 2. The maximum absolute atomic E-state index is 14.8. The van der Waals surface area contributed by atoms with Gasteiger partial charge >= 0.3 is 6.09 Å². The molecule has 13 heteroatoms. The third kappa shape index (κ3) is 6.99. The van der Waals surface area contributed by atoms with Crippen molar-refractivity contribution in [3.05, 3.63) is 35.9 Å². The summed E-state index contributed by atoms with van der Waals surface area (Å²) < 4.78 is 53.2. The van der Waals surface area contributed by atoms with Gasteiger partial charge in [0.05, 0.1) is 28.9 Å². The second-order valence-electron chi connectivity index (χ2n) is 8.28. The largest absolute Gasteiger partial charge is 0.465 e. The normalized spacial score (nSPS) is 16.4. The number of amides is 1. The van der Waals surface area contributed by atoms with E-state index in [1.165, 1.54) is 23.4 Å². The molecule has 1 fully saturated rings. The SMILES string of the molecule is Cc1c(Nc2ccc(S(=O)(=O)NCCOC(C)C)cc2F)ncnc1OC1CCCCN1C(=O)O. The standard InChI is InChI=1S/C22H30FN5O6S/c1-14(2)33-11-9-26-35(31,32)16-7-8-18(17(23)12-16)27-20-15(3)21(25-13-24-20)34-19-6-4-5-10-28(19)22(29)30/h7-8,12-14,19,26H,4-6,9-11H2,1-3H3,(H,29,30)(H,24,25,27). The van der Waals surface area contributed by atoms with E-state index in [0.717, 1.165) is 18.9 Å². The first-order valence-corrected chi connectivity index (χ1v) is 12.7. The maximum atomic E-state index is 14.8. The summed E-state index contributed by atoms with van der Waals surface area (Å²) in [5.41, 5.74) is 0.455. The molecule has 192 valence electrons. The number of likely N-dealkylation sites (tertiary alicyclic amines) is 1. The van der Waals surface area contributed by atoms with Gasteiger partial charge < -0.3 is 19.9 Å². The van der Waals surface area contributed by atoms with Gasteiger partial charge in [-0.05, 0) is 51.8 Å². The first kappa shape index (κ1) is 26.6. The summed E-state index contributed by atoms with van der Waals surface area (Å²) >= 11 is 0. The van der Waals surface area contributed by atoms with E-state index in [9.17, 15) is 22.7 Å². The molecule has 0 spiro atoms. The molecule has 2 aromatic rings. The molecule has 0 bridgehead atoms. The molecule has 1 aliphatic rings. The van der Waals surface area contributed by atoms with E-state index in [1.807, 2.05) is 13.8 Å². The average molecular weight is 512 g/mol. The van der Waals surface area contributed by atoms with Crippen LogP contribution in [0.15, 0.2) is 29.4 Å². The third-order valence-corrected chi connectivity index (χ3v) is 6.79. The molecule has 0 saturated carbocycles. The predicted molar refractivity (Wildman–Crippen MR) is 126 cm³/mol. The van der Waals surface area contributed by atoms with E-state index in [-0.39, 0.29) is 41.5 Å². The van der Waals surface area contributed by atoms with Gasteiger partial charge in [-0.3, -0.25) is 4.90 Å². The summed E-state index contributed by atoms with van der Waals surface area (Å²) in [7, 11) is -3.91. The van der Waals surface area contributed by atoms with Crippen LogP contribution >= 0.6 is 0 Å². The highest BCUT2D eigenvalue weighted by Gasteiger charge is 2.29. The van der Waals surface area contributed by atoms with Crippen LogP contribution in [0.1, 0.15) is 38.7 Å². The summed E-state index contributed by atoms with van der Waals surface area (Å²) in [6.45, 7) is 5.96. The van der Waals surface area contributed by atoms with Crippen LogP contribution in [0.25, 0.3) is 0 Å². The Kier molecular flexibility index (Phi) is 8.81. The fourth-order valence-corrected chi connectivity index (χ4v) is 4.52. The average Bonchev–Trinajstić information content (AvgIpc) is 2.80. The van der Waals surface area contributed by atoms with E-state index in [1.54, 1.807) is 6.92 Å². The number of anilines is 2. The van der Waals surface area contributed by atoms with Crippen molar-refractivity contribution >= 4 is 27.6 Å². The van der Waals surface area contributed by atoms with Gasteiger partial charge in [-0.1, -0.05) is 0 Å². The van der Waals surface area contributed by atoms with Crippen LogP contribution in [0.5, 0.6) is 5.88 Å². The summed E-state index contributed by atoms with van der Waals surface area (Å²) in [5.74, 6) is -0.379. The van der Waals surface area contributed by atoms with Gasteiger partial charge in [-0.2, -0.15) is 0 Å². The van der Waals surface area contributed by atoms with E-state index >= 15 is 0 Å². The van der Waals surface area contributed by atoms with Crippen LogP contribution < -0.4 is 14.8 Å². The fourth-order valence-electron chi connectivity index (χ4n) is 3.50. The van der Waals surface area contributed by atoms with Gasteiger partial charge in [0.15, 0.2) is 6.23 Å². The molecule has 3 N–H and O–H groups in total. The number of nitrogens with one attached hydrogen (secondary N) is 2. The van der Waals surface area contributed by atoms with E-state index in [4.69, 9.17) is 9.47 Å². The zero-order valence-electron chi connectivity index (χ0n) is 19.8. The van der Waals surface area contributed by atoms with Gasteiger partial charge in [-0.25, -0.2) is 32.3 Å². The van der Waals surface area contributed by atoms with Crippen molar-refractivity contribution in [2.45, 2.75) is 57.3 Å². The summed E-state index contributed by atoms with van der Waals surface area (Å²) in [6, 6.07) is 3.48. The lowest BCUT2D eigenvalue weighted by Gasteiger charge is -2.33.